The third kappa shape index (κ3) is 3.47. The van der Waals surface area contributed by atoms with Crippen molar-refractivity contribution in [1.29, 1.82) is 0 Å². The van der Waals surface area contributed by atoms with E-state index < -0.39 is 17.6 Å². The summed E-state index contributed by atoms with van der Waals surface area (Å²) in [7, 11) is 0. The molecule has 25 heavy (non-hydrogen) atoms. The van der Waals surface area contributed by atoms with Gasteiger partial charge in [-0.25, -0.2) is 4.68 Å². The van der Waals surface area contributed by atoms with Crippen molar-refractivity contribution in [2.75, 3.05) is 5.32 Å². The fourth-order valence-electron chi connectivity index (χ4n) is 2.52. The molecule has 1 amide bonds. The van der Waals surface area contributed by atoms with E-state index in [1.165, 1.54) is 24.3 Å². The van der Waals surface area contributed by atoms with Crippen LogP contribution >= 0.6 is 0 Å². The molecule has 8 heteroatoms. The van der Waals surface area contributed by atoms with Crippen molar-refractivity contribution < 1.29 is 18.0 Å². The van der Waals surface area contributed by atoms with Crippen molar-refractivity contribution in [3.05, 3.63) is 53.6 Å². The van der Waals surface area contributed by atoms with Gasteiger partial charge in [-0.1, -0.05) is 24.3 Å². The number of benzene rings is 2. The topological polar surface area (TPSA) is 59.8 Å². The van der Waals surface area contributed by atoms with Crippen molar-refractivity contribution >= 4 is 22.6 Å². The first-order valence-electron chi connectivity index (χ1n) is 7.71. The van der Waals surface area contributed by atoms with Gasteiger partial charge in [-0.15, -0.1) is 5.10 Å². The van der Waals surface area contributed by atoms with Crippen molar-refractivity contribution in [2.45, 2.75) is 26.1 Å². The second-order valence-corrected chi connectivity index (χ2v) is 5.51. The number of hydrogen-bond acceptors (Lipinski definition) is 3. The summed E-state index contributed by atoms with van der Waals surface area (Å²) in [5.41, 5.74) is 0.334. The number of hydrogen-bond donors (Lipinski definition) is 1. The number of halogens is 3. The third-order valence-electron chi connectivity index (χ3n) is 3.69. The first-order chi connectivity index (χ1) is 11.9. The molecule has 0 saturated heterocycles. The van der Waals surface area contributed by atoms with Crippen LogP contribution in [0.1, 0.15) is 29.3 Å². The van der Waals surface area contributed by atoms with Crippen LogP contribution in [0.3, 0.4) is 0 Å². The van der Waals surface area contributed by atoms with Gasteiger partial charge in [0.1, 0.15) is 5.52 Å². The zero-order valence-corrected chi connectivity index (χ0v) is 13.3. The van der Waals surface area contributed by atoms with Gasteiger partial charge >= 0.3 is 6.18 Å². The van der Waals surface area contributed by atoms with Gasteiger partial charge in [0.25, 0.3) is 5.91 Å². The number of aryl methyl sites for hydroxylation is 1. The second kappa shape index (κ2) is 6.54. The largest absolute Gasteiger partial charge is 0.418 e. The summed E-state index contributed by atoms with van der Waals surface area (Å²) in [4.78, 5) is 12.3. The second-order valence-electron chi connectivity index (χ2n) is 5.51. The maximum Gasteiger partial charge on any atom is 0.418 e. The molecule has 3 rings (SSSR count). The zero-order chi connectivity index (χ0) is 18.0. The van der Waals surface area contributed by atoms with Gasteiger partial charge in [0.2, 0.25) is 0 Å². The van der Waals surface area contributed by atoms with Gasteiger partial charge in [-0.3, -0.25) is 4.79 Å². The Balaban J connectivity index is 1.88. The Bertz CT molecular complexity index is 918. The van der Waals surface area contributed by atoms with E-state index in [9.17, 15) is 18.0 Å². The van der Waals surface area contributed by atoms with Crippen LogP contribution in [0.4, 0.5) is 18.9 Å². The molecular weight excluding hydrogens is 333 g/mol. The molecule has 0 bridgehead atoms. The number of carbonyl (C=O) groups excluding carboxylic acids is 1. The van der Waals surface area contributed by atoms with Crippen LogP contribution in [-0.2, 0) is 12.7 Å². The van der Waals surface area contributed by atoms with Crippen molar-refractivity contribution in [2.24, 2.45) is 0 Å². The number of nitrogens with one attached hydrogen (secondary N) is 1. The Morgan fingerprint density at radius 1 is 1.20 bits per heavy atom. The zero-order valence-electron chi connectivity index (χ0n) is 13.3. The summed E-state index contributed by atoms with van der Waals surface area (Å²) in [6.07, 6.45) is -3.66. The Morgan fingerprint density at radius 3 is 2.68 bits per heavy atom. The molecule has 0 aliphatic carbocycles. The Hall–Kier alpha value is -2.90. The standard InChI is InChI=1S/C17H15F3N4O/c1-2-9-24-15-8-7-11(10-14(15)22-23-24)16(25)21-13-6-4-3-5-12(13)17(18,19)20/h3-8,10H,2,9H2,1H3,(H,21,25). The number of alkyl halides is 3. The fraction of sp³-hybridized carbons (Fsp3) is 0.235. The summed E-state index contributed by atoms with van der Waals surface area (Å²) in [5.74, 6) is -0.636. The number of para-hydroxylation sites is 1. The highest BCUT2D eigenvalue weighted by molar-refractivity contribution is 6.06. The summed E-state index contributed by atoms with van der Waals surface area (Å²) in [6, 6.07) is 9.60. The molecule has 5 nitrogen and oxygen atoms in total. The quantitative estimate of drug-likeness (QED) is 0.772. The van der Waals surface area contributed by atoms with Gasteiger partial charge in [0.05, 0.1) is 16.8 Å². The normalized spacial score (nSPS) is 11.7. The Kier molecular flexibility index (Phi) is 4.43. The minimum absolute atomic E-state index is 0.216. The molecule has 130 valence electrons. The highest BCUT2D eigenvalue weighted by Crippen LogP contribution is 2.34. The highest BCUT2D eigenvalue weighted by Gasteiger charge is 2.33. The van der Waals surface area contributed by atoms with Crippen LogP contribution in [0.15, 0.2) is 42.5 Å². The lowest BCUT2D eigenvalue weighted by Crippen LogP contribution is -2.16. The van der Waals surface area contributed by atoms with Gasteiger partial charge in [-0.05, 0) is 36.8 Å². The summed E-state index contributed by atoms with van der Waals surface area (Å²) in [6.45, 7) is 2.70. The molecular formula is C17H15F3N4O. The maximum absolute atomic E-state index is 13.0. The van der Waals surface area contributed by atoms with E-state index in [0.29, 0.717) is 12.1 Å². The molecule has 0 atom stereocenters. The molecule has 0 unspecified atom stereocenters. The van der Waals surface area contributed by atoms with E-state index in [0.717, 1.165) is 18.0 Å². The first kappa shape index (κ1) is 16.9. The van der Waals surface area contributed by atoms with Gasteiger partial charge in [0, 0.05) is 12.1 Å². The van der Waals surface area contributed by atoms with Crippen LogP contribution < -0.4 is 5.32 Å². The molecule has 0 aliphatic rings. The number of carbonyl (C=O) groups is 1. The molecule has 1 N–H and O–H groups in total. The smallest absolute Gasteiger partial charge is 0.321 e. The predicted octanol–water partition coefficient (Wildman–Crippen LogP) is 4.11. The van der Waals surface area contributed by atoms with E-state index in [1.54, 1.807) is 16.8 Å². The lowest BCUT2D eigenvalue weighted by atomic mass is 10.1. The predicted molar refractivity (Wildman–Crippen MR) is 87.2 cm³/mol. The molecule has 0 spiro atoms. The SMILES string of the molecule is CCCn1nnc2cc(C(=O)Nc3ccccc3C(F)(F)F)ccc21. The van der Waals surface area contributed by atoms with Gasteiger partial charge in [-0.2, -0.15) is 13.2 Å². The average molecular weight is 348 g/mol. The van der Waals surface area contributed by atoms with E-state index in [4.69, 9.17) is 0 Å². The molecule has 0 radical (unpaired) electrons. The molecule has 0 saturated carbocycles. The van der Waals surface area contributed by atoms with Crippen molar-refractivity contribution in [1.82, 2.24) is 15.0 Å². The van der Waals surface area contributed by atoms with Gasteiger partial charge in [0.15, 0.2) is 0 Å². The van der Waals surface area contributed by atoms with E-state index in [1.807, 2.05) is 6.92 Å². The van der Waals surface area contributed by atoms with Crippen molar-refractivity contribution in [3.63, 3.8) is 0 Å². The average Bonchev–Trinajstić information content (AvgIpc) is 2.97. The first-order valence-corrected chi connectivity index (χ1v) is 7.71. The molecule has 0 aliphatic heterocycles. The van der Waals surface area contributed by atoms with Crippen LogP contribution in [0.5, 0.6) is 0 Å². The molecule has 2 aromatic carbocycles. The van der Waals surface area contributed by atoms with Crippen molar-refractivity contribution in [3.8, 4) is 0 Å². The van der Waals surface area contributed by atoms with Gasteiger partial charge < -0.3 is 5.32 Å². The number of nitrogens with zero attached hydrogens (tertiary/aromatic N) is 3. The van der Waals surface area contributed by atoms with E-state index >= 15 is 0 Å². The number of aromatic nitrogens is 3. The van der Waals surface area contributed by atoms with E-state index in [-0.39, 0.29) is 11.3 Å². The van der Waals surface area contributed by atoms with Crippen LogP contribution in [0, 0.1) is 0 Å². The lowest BCUT2D eigenvalue weighted by molar-refractivity contribution is -0.136. The molecule has 1 aromatic heterocycles. The Labute approximate surface area is 141 Å². The van der Waals surface area contributed by atoms with Crippen LogP contribution in [0.25, 0.3) is 11.0 Å². The monoisotopic (exact) mass is 348 g/mol. The van der Waals surface area contributed by atoms with Crippen LogP contribution in [0.2, 0.25) is 0 Å². The lowest BCUT2D eigenvalue weighted by Gasteiger charge is -2.13. The maximum atomic E-state index is 13.0. The molecule has 1 heterocycles. The Morgan fingerprint density at radius 2 is 1.96 bits per heavy atom. The molecule has 3 aromatic rings. The number of amides is 1. The number of fused-ring (bicyclic) bond motifs is 1. The minimum Gasteiger partial charge on any atom is -0.321 e. The summed E-state index contributed by atoms with van der Waals surface area (Å²) >= 11 is 0. The third-order valence-corrected chi connectivity index (χ3v) is 3.69. The fourth-order valence-corrected chi connectivity index (χ4v) is 2.52. The summed E-state index contributed by atoms with van der Waals surface area (Å²) < 4.78 is 40.8. The molecule has 0 fully saturated rings. The highest BCUT2D eigenvalue weighted by atomic mass is 19.4. The van der Waals surface area contributed by atoms with Crippen LogP contribution in [-0.4, -0.2) is 20.9 Å². The minimum atomic E-state index is -4.54. The summed E-state index contributed by atoms with van der Waals surface area (Å²) in [5, 5.41) is 10.3. The number of rotatable bonds is 4. The van der Waals surface area contributed by atoms with E-state index in [2.05, 4.69) is 15.6 Å². The number of anilines is 1.